The number of carbonyl (C=O) groups is 1. The van der Waals surface area contributed by atoms with Gasteiger partial charge in [-0.1, -0.05) is 41.9 Å². The van der Waals surface area contributed by atoms with Crippen LogP contribution in [0.5, 0.6) is 5.75 Å². The van der Waals surface area contributed by atoms with Gasteiger partial charge in [-0.15, -0.1) is 10.2 Å². The normalized spacial score (nSPS) is 15.7. The molecule has 0 spiro atoms. The zero-order chi connectivity index (χ0) is 21.5. The summed E-state index contributed by atoms with van der Waals surface area (Å²) in [4.78, 5) is 14.0. The maximum Gasteiger partial charge on any atom is 0.224 e. The molecular formula is C22H24ClN5O3. The zero-order valence-corrected chi connectivity index (χ0v) is 17.8. The first-order valence-corrected chi connectivity index (χ1v) is 10.7. The van der Waals surface area contributed by atoms with E-state index in [1.54, 1.807) is 18.2 Å². The summed E-state index contributed by atoms with van der Waals surface area (Å²) in [6, 6.07) is 14.8. The second kappa shape index (κ2) is 10.4. The van der Waals surface area contributed by atoms with Gasteiger partial charge < -0.3 is 14.8 Å². The Morgan fingerprint density at radius 3 is 2.94 bits per heavy atom. The first-order valence-electron chi connectivity index (χ1n) is 10.3. The van der Waals surface area contributed by atoms with Gasteiger partial charge in [0.2, 0.25) is 11.7 Å². The Morgan fingerprint density at radius 2 is 2.13 bits per heavy atom. The van der Waals surface area contributed by atoms with Crippen LogP contribution < -0.4 is 10.1 Å². The third-order valence-corrected chi connectivity index (χ3v) is 5.15. The van der Waals surface area contributed by atoms with E-state index in [-0.39, 0.29) is 12.0 Å². The number of amides is 1. The lowest BCUT2D eigenvalue weighted by Crippen LogP contribution is -2.18. The van der Waals surface area contributed by atoms with Gasteiger partial charge >= 0.3 is 0 Å². The molecule has 162 valence electrons. The van der Waals surface area contributed by atoms with Crippen LogP contribution in [0.1, 0.15) is 25.7 Å². The first-order chi connectivity index (χ1) is 15.2. The Kier molecular flexibility index (Phi) is 7.11. The van der Waals surface area contributed by atoms with E-state index < -0.39 is 0 Å². The molecule has 1 aliphatic heterocycles. The Labute approximate surface area is 185 Å². The number of benzene rings is 2. The van der Waals surface area contributed by atoms with Gasteiger partial charge in [-0.3, -0.25) is 4.79 Å². The molecule has 1 atom stereocenters. The molecule has 3 aromatic rings. The molecule has 1 N–H and O–H groups in total. The van der Waals surface area contributed by atoms with Crippen LogP contribution in [0.15, 0.2) is 48.5 Å². The molecule has 0 radical (unpaired) electrons. The smallest absolute Gasteiger partial charge is 0.224 e. The SMILES string of the molecule is O=C(CCCn1nnc(-c2ccccc2)n1)Nc1cc(Cl)ccc1OCC1CCCO1. The summed E-state index contributed by atoms with van der Waals surface area (Å²) in [6.07, 6.45) is 3.00. The number of tetrazole rings is 1. The predicted molar refractivity (Wildman–Crippen MR) is 117 cm³/mol. The van der Waals surface area contributed by atoms with Gasteiger partial charge in [0.15, 0.2) is 0 Å². The average molecular weight is 442 g/mol. The number of anilines is 1. The number of carbonyl (C=O) groups excluding carboxylic acids is 1. The van der Waals surface area contributed by atoms with Crippen LogP contribution in [-0.2, 0) is 16.1 Å². The van der Waals surface area contributed by atoms with Gasteiger partial charge in [0.05, 0.1) is 18.3 Å². The summed E-state index contributed by atoms with van der Waals surface area (Å²) in [5, 5.41) is 15.9. The molecule has 1 saturated heterocycles. The fraction of sp³-hybridized carbons (Fsp3) is 0.364. The number of nitrogens with zero attached hydrogens (tertiary/aromatic N) is 4. The third kappa shape index (κ3) is 6.02. The fourth-order valence-electron chi connectivity index (χ4n) is 3.32. The molecule has 31 heavy (non-hydrogen) atoms. The molecule has 0 saturated carbocycles. The molecule has 2 heterocycles. The maximum atomic E-state index is 12.5. The fourth-order valence-corrected chi connectivity index (χ4v) is 3.49. The number of hydrogen-bond donors (Lipinski definition) is 1. The van der Waals surface area contributed by atoms with Crippen molar-refractivity contribution in [3.8, 4) is 17.1 Å². The van der Waals surface area contributed by atoms with Gasteiger partial charge in [0, 0.05) is 23.6 Å². The third-order valence-electron chi connectivity index (χ3n) is 4.91. The molecule has 1 fully saturated rings. The van der Waals surface area contributed by atoms with Crippen molar-refractivity contribution in [2.45, 2.75) is 38.3 Å². The highest BCUT2D eigenvalue weighted by molar-refractivity contribution is 6.31. The second-order valence-electron chi connectivity index (χ2n) is 7.31. The van der Waals surface area contributed by atoms with Crippen LogP contribution in [0.4, 0.5) is 5.69 Å². The maximum absolute atomic E-state index is 12.5. The largest absolute Gasteiger partial charge is 0.489 e. The predicted octanol–water partition coefficient (Wildman–Crippen LogP) is 3.97. The minimum Gasteiger partial charge on any atom is -0.489 e. The topological polar surface area (TPSA) is 91.2 Å². The monoisotopic (exact) mass is 441 g/mol. The van der Waals surface area contributed by atoms with Crippen LogP contribution in [0, 0.1) is 0 Å². The molecule has 8 nitrogen and oxygen atoms in total. The Hall–Kier alpha value is -2.97. The highest BCUT2D eigenvalue weighted by Crippen LogP contribution is 2.29. The molecule has 1 amide bonds. The number of rotatable bonds is 9. The number of hydrogen-bond acceptors (Lipinski definition) is 6. The second-order valence-corrected chi connectivity index (χ2v) is 7.75. The lowest BCUT2D eigenvalue weighted by molar-refractivity contribution is -0.116. The van der Waals surface area contributed by atoms with Gasteiger partial charge in [-0.25, -0.2) is 0 Å². The number of nitrogens with one attached hydrogen (secondary N) is 1. The molecule has 4 rings (SSSR count). The van der Waals surface area contributed by atoms with E-state index in [1.165, 1.54) is 4.80 Å². The van der Waals surface area contributed by atoms with Crippen molar-refractivity contribution in [1.82, 2.24) is 20.2 Å². The number of aromatic nitrogens is 4. The van der Waals surface area contributed by atoms with E-state index in [2.05, 4.69) is 20.7 Å². The number of aryl methyl sites for hydroxylation is 1. The van der Waals surface area contributed by atoms with Crippen LogP contribution >= 0.6 is 11.6 Å². The lowest BCUT2D eigenvalue weighted by Gasteiger charge is -2.15. The summed E-state index contributed by atoms with van der Waals surface area (Å²) < 4.78 is 11.5. The highest BCUT2D eigenvalue weighted by atomic mass is 35.5. The van der Waals surface area contributed by atoms with E-state index in [0.29, 0.717) is 48.3 Å². The average Bonchev–Trinajstić information content (AvgIpc) is 3.46. The standard InChI is InChI=1S/C22H24ClN5O3/c23-17-10-11-20(31-15-18-8-5-13-30-18)19(14-17)24-21(29)9-4-12-28-26-22(25-27-28)16-6-2-1-3-7-16/h1-3,6-7,10-11,14,18H,4-5,8-9,12-13,15H2,(H,24,29). The van der Waals surface area contributed by atoms with Crippen molar-refractivity contribution in [3.05, 3.63) is 53.6 Å². The summed E-state index contributed by atoms with van der Waals surface area (Å²) in [5.41, 5.74) is 1.46. The molecule has 0 bridgehead atoms. The van der Waals surface area contributed by atoms with Gasteiger partial charge in [-0.05, 0) is 42.7 Å². The molecule has 0 aliphatic carbocycles. The minimum absolute atomic E-state index is 0.0928. The summed E-state index contributed by atoms with van der Waals surface area (Å²) in [7, 11) is 0. The summed E-state index contributed by atoms with van der Waals surface area (Å²) >= 11 is 6.11. The Morgan fingerprint density at radius 1 is 1.26 bits per heavy atom. The van der Waals surface area contributed by atoms with Crippen molar-refractivity contribution < 1.29 is 14.3 Å². The molecule has 9 heteroatoms. The number of ether oxygens (including phenoxy) is 2. The van der Waals surface area contributed by atoms with Crippen molar-refractivity contribution in [3.63, 3.8) is 0 Å². The van der Waals surface area contributed by atoms with E-state index in [1.807, 2.05) is 30.3 Å². The van der Waals surface area contributed by atoms with Crippen LogP contribution in [0.3, 0.4) is 0 Å². The summed E-state index contributed by atoms with van der Waals surface area (Å²) in [5.74, 6) is 1.02. The van der Waals surface area contributed by atoms with Gasteiger partial charge in [0.1, 0.15) is 12.4 Å². The zero-order valence-electron chi connectivity index (χ0n) is 17.0. The van der Waals surface area contributed by atoms with E-state index in [0.717, 1.165) is 25.0 Å². The quantitative estimate of drug-likeness (QED) is 0.540. The molecule has 2 aromatic carbocycles. The van der Waals surface area contributed by atoms with Crippen molar-refractivity contribution >= 4 is 23.2 Å². The van der Waals surface area contributed by atoms with Crippen LogP contribution in [0.25, 0.3) is 11.4 Å². The van der Waals surface area contributed by atoms with E-state index >= 15 is 0 Å². The highest BCUT2D eigenvalue weighted by Gasteiger charge is 2.17. The lowest BCUT2D eigenvalue weighted by atomic mass is 10.2. The van der Waals surface area contributed by atoms with Crippen molar-refractivity contribution in [2.75, 3.05) is 18.5 Å². The Balaban J connectivity index is 1.28. The molecule has 1 aromatic heterocycles. The summed E-state index contributed by atoms with van der Waals surface area (Å²) in [6.45, 7) is 1.71. The van der Waals surface area contributed by atoms with Crippen LogP contribution in [-0.4, -0.2) is 45.4 Å². The van der Waals surface area contributed by atoms with Crippen molar-refractivity contribution in [2.24, 2.45) is 0 Å². The van der Waals surface area contributed by atoms with E-state index in [4.69, 9.17) is 21.1 Å². The number of halogens is 1. The van der Waals surface area contributed by atoms with Crippen molar-refractivity contribution in [1.29, 1.82) is 0 Å². The van der Waals surface area contributed by atoms with E-state index in [9.17, 15) is 4.79 Å². The van der Waals surface area contributed by atoms with Crippen LogP contribution in [0.2, 0.25) is 5.02 Å². The van der Waals surface area contributed by atoms with Gasteiger partial charge in [-0.2, -0.15) is 4.80 Å². The first kappa shape index (κ1) is 21.3. The minimum atomic E-state index is -0.132. The Bertz CT molecular complexity index is 1010. The molecular weight excluding hydrogens is 418 g/mol. The molecule has 1 unspecified atom stereocenters. The molecule has 1 aliphatic rings. The van der Waals surface area contributed by atoms with Gasteiger partial charge in [0.25, 0.3) is 0 Å².